The third-order valence-electron chi connectivity index (χ3n) is 5.72. The van der Waals surface area contributed by atoms with Gasteiger partial charge in [0.05, 0.1) is 16.3 Å². The summed E-state index contributed by atoms with van der Waals surface area (Å²) in [5.41, 5.74) is 2.10. The van der Waals surface area contributed by atoms with Gasteiger partial charge in [-0.05, 0) is 56.2 Å². The quantitative estimate of drug-likeness (QED) is 0.402. The first-order valence-electron chi connectivity index (χ1n) is 11.2. The molecule has 5 rings (SSSR count). The molecule has 0 unspecified atom stereocenters. The van der Waals surface area contributed by atoms with Crippen molar-refractivity contribution in [3.8, 4) is 17.1 Å². The monoisotopic (exact) mass is 477 g/mol. The molecular weight excluding hydrogens is 453 g/mol. The van der Waals surface area contributed by atoms with Gasteiger partial charge in [-0.25, -0.2) is 9.37 Å². The number of benzene rings is 2. The van der Waals surface area contributed by atoms with Crippen molar-refractivity contribution in [2.45, 2.75) is 45.8 Å². The van der Waals surface area contributed by atoms with Gasteiger partial charge in [-0.1, -0.05) is 12.5 Å². The van der Waals surface area contributed by atoms with E-state index in [9.17, 15) is 9.18 Å². The number of hydrogen-bond donors (Lipinski definition) is 1. The number of thiazole rings is 1. The van der Waals surface area contributed by atoms with E-state index in [0.717, 1.165) is 48.8 Å². The Morgan fingerprint density at radius 2 is 2.09 bits per heavy atom. The smallest absolute Gasteiger partial charge is 0.255 e. The van der Waals surface area contributed by atoms with Crippen LogP contribution in [0, 0.1) is 12.7 Å². The molecule has 1 aliphatic heterocycles. The standard InChI is InChI=1S/C25H24FN5O2S/c1-16-27-19(15-34-16)14-33-20-7-5-6-17(12-20)25(32)28-18-9-10-22(26)21(13-18)24-30-29-23-8-3-2-4-11-31(23)24/h5-7,9-10,12-13,15H,2-4,8,11,14H2,1H3,(H,28,32). The second-order valence-corrected chi connectivity index (χ2v) is 9.29. The summed E-state index contributed by atoms with van der Waals surface area (Å²) in [6.45, 7) is 3.04. The van der Waals surface area contributed by atoms with Gasteiger partial charge in [0.25, 0.3) is 5.91 Å². The topological polar surface area (TPSA) is 81.9 Å². The van der Waals surface area contributed by atoms with Gasteiger partial charge in [0, 0.05) is 29.6 Å². The molecule has 1 aliphatic rings. The lowest BCUT2D eigenvalue weighted by Crippen LogP contribution is -2.12. The lowest BCUT2D eigenvalue weighted by Gasteiger charge is -2.11. The maximum atomic E-state index is 14.7. The van der Waals surface area contributed by atoms with Gasteiger partial charge in [0.15, 0.2) is 5.82 Å². The number of aryl methyl sites for hydroxylation is 2. The fourth-order valence-electron chi connectivity index (χ4n) is 4.02. The molecule has 2 aromatic heterocycles. The largest absolute Gasteiger partial charge is 0.487 e. The Bertz CT molecular complexity index is 1330. The highest BCUT2D eigenvalue weighted by atomic mass is 32.1. The van der Waals surface area contributed by atoms with Gasteiger partial charge in [-0.2, -0.15) is 0 Å². The van der Waals surface area contributed by atoms with E-state index < -0.39 is 5.82 Å². The molecule has 174 valence electrons. The number of fused-ring (bicyclic) bond motifs is 1. The maximum absolute atomic E-state index is 14.7. The summed E-state index contributed by atoms with van der Waals surface area (Å²) >= 11 is 1.57. The zero-order valence-electron chi connectivity index (χ0n) is 18.8. The van der Waals surface area contributed by atoms with E-state index in [0.29, 0.717) is 35.0 Å². The zero-order valence-corrected chi connectivity index (χ0v) is 19.6. The molecule has 0 saturated carbocycles. The molecule has 0 bridgehead atoms. The van der Waals surface area contributed by atoms with Gasteiger partial charge in [0.1, 0.15) is 24.0 Å². The number of nitrogens with zero attached hydrogens (tertiary/aromatic N) is 4. The Morgan fingerprint density at radius 1 is 1.18 bits per heavy atom. The van der Waals surface area contributed by atoms with Crippen LogP contribution in [-0.2, 0) is 19.6 Å². The van der Waals surface area contributed by atoms with Crippen LogP contribution in [0.5, 0.6) is 5.75 Å². The first-order chi connectivity index (χ1) is 16.6. The van der Waals surface area contributed by atoms with Crippen molar-refractivity contribution >= 4 is 22.9 Å². The van der Waals surface area contributed by atoms with E-state index in [2.05, 4.69) is 20.5 Å². The van der Waals surface area contributed by atoms with Gasteiger partial charge in [0.2, 0.25) is 0 Å². The number of hydrogen-bond acceptors (Lipinski definition) is 6. The van der Waals surface area contributed by atoms with Crippen LogP contribution in [0.25, 0.3) is 11.4 Å². The van der Waals surface area contributed by atoms with Crippen molar-refractivity contribution in [3.05, 3.63) is 75.8 Å². The average Bonchev–Trinajstić information content (AvgIpc) is 3.37. The number of carbonyl (C=O) groups excluding carboxylic acids is 1. The molecule has 0 fully saturated rings. The predicted molar refractivity (Wildman–Crippen MR) is 129 cm³/mol. The normalized spacial score (nSPS) is 13.2. The molecule has 0 atom stereocenters. The Kier molecular flexibility index (Phi) is 6.35. The minimum Gasteiger partial charge on any atom is -0.487 e. The average molecular weight is 478 g/mol. The van der Waals surface area contributed by atoms with E-state index in [4.69, 9.17) is 4.74 Å². The molecule has 2 aromatic carbocycles. The highest BCUT2D eigenvalue weighted by Gasteiger charge is 2.19. The summed E-state index contributed by atoms with van der Waals surface area (Å²) in [5, 5.41) is 14.3. The molecule has 9 heteroatoms. The number of amides is 1. The Morgan fingerprint density at radius 3 is 2.94 bits per heavy atom. The molecule has 34 heavy (non-hydrogen) atoms. The Balaban J connectivity index is 1.32. The SMILES string of the molecule is Cc1nc(COc2cccc(C(=O)Nc3ccc(F)c(-c4nnc5n4CCCCC5)c3)c2)cs1. The maximum Gasteiger partial charge on any atom is 0.255 e. The molecule has 3 heterocycles. The third-order valence-corrected chi connectivity index (χ3v) is 6.55. The van der Waals surface area contributed by atoms with E-state index in [1.807, 2.05) is 16.9 Å². The van der Waals surface area contributed by atoms with Crippen LogP contribution in [-0.4, -0.2) is 25.7 Å². The first-order valence-corrected chi connectivity index (χ1v) is 12.1. The number of nitrogens with one attached hydrogen (secondary N) is 1. The number of carbonyl (C=O) groups is 1. The van der Waals surface area contributed by atoms with E-state index >= 15 is 0 Å². The summed E-state index contributed by atoms with van der Waals surface area (Å²) in [4.78, 5) is 17.3. The third kappa shape index (κ3) is 4.84. The second-order valence-electron chi connectivity index (χ2n) is 8.23. The van der Waals surface area contributed by atoms with Gasteiger partial charge in [-0.3, -0.25) is 4.79 Å². The van der Waals surface area contributed by atoms with Gasteiger partial charge >= 0.3 is 0 Å². The van der Waals surface area contributed by atoms with Crippen molar-refractivity contribution in [2.24, 2.45) is 0 Å². The van der Waals surface area contributed by atoms with E-state index in [-0.39, 0.29) is 5.91 Å². The molecule has 0 saturated heterocycles. The van der Waals surface area contributed by atoms with Crippen LogP contribution in [0.4, 0.5) is 10.1 Å². The Labute approximate surface area is 200 Å². The lowest BCUT2D eigenvalue weighted by molar-refractivity contribution is 0.102. The Hall–Kier alpha value is -3.59. The van der Waals surface area contributed by atoms with Crippen molar-refractivity contribution in [1.82, 2.24) is 19.7 Å². The minimum atomic E-state index is -0.398. The zero-order chi connectivity index (χ0) is 23.5. The lowest BCUT2D eigenvalue weighted by atomic mass is 10.1. The highest BCUT2D eigenvalue weighted by Crippen LogP contribution is 2.28. The summed E-state index contributed by atoms with van der Waals surface area (Å²) in [6, 6.07) is 11.4. The van der Waals surface area contributed by atoms with Crippen molar-refractivity contribution < 1.29 is 13.9 Å². The van der Waals surface area contributed by atoms with Crippen molar-refractivity contribution in [1.29, 1.82) is 0 Å². The summed E-state index contributed by atoms with van der Waals surface area (Å²) in [7, 11) is 0. The van der Waals surface area contributed by atoms with Crippen LogP contribution in [0.15, 0.2) is 47.8 Å². The van der Waals surface area contributed by atoms with Crippen LogP contribution in [0.1, 0.15) is 46.1 Å². The molecule has 1 amide bonds. The molecule has 0 spiro atoms. The van der Waals surface area contributed by atoms with Crippen LogP contribution in [0.2, 0.25) is 0 Å². The molecule has 0 aliphatic carbocycles. The summed E-state index contributed by atoms with van der Waals surface area (Å²) in [6.07, 6.45) is 4.03. The second kappa shape index (κ2) is 9.72. The first kappa shape index (κ1) is 22.2. The van der Waals surface area contributed by atoms with Crippen LogP contribution in [0.3, 0.4) is 0 Å². The number of ether oxygens (including phenoxy) is 1. The van der Waals surface area contributed by atoms with Gasteiger partial charge < -0.3 is 14.6 Å². The molecule has 7 nitrogen and oxygen atoms in total. The molecule has 4 aromatic rings. The van der Waals surface area contributed by atoms with Crippen LogP contribution < -0.4 is 10.1 Å². The van der Waals surface area contributed by atoms with Crippen LogP contribution >= 0.6 is 11.3 Å². The van der Waals surface area contributed by atoms with E-state index in [1.165, 1.54) is 6.07 Å². The summed E-state index contributed by atoms with van der Waals surface area (Å²) in [5.74, 6) is 1.24. The van der Waals surface area contributed by atoms with Crippen molar-refractivity contribution in [2.75, 3.05) is 5.32 Å². The molecular formula is C25H24FN5O2S. The van der Waals surface area contributed by atoms with Crippen molar-refractivity contribution in [3.63, 3.8) is 0 Å². The predicted octanol–water partition coefficient (Wildman–Crippen LogP) is 5.41. The number of aromatic nitrogens is 4. The summed E-state index contributed by atoms with van der Waals surface area (Å²) < 4.78 is 22.5. The minimum absolute atomic E-state index is 0.312. The number of rotatable bonds is 6. The number of halogens is 1. The molecule has 1 N–H and O–H groups in total. The number of anilines is 1. The van der Waals surface area contributed by atoms with Gasteiger partial charge in [-0.15, -0.1) is 21.5 Å². The van der Waals surface area contributed by atoms with E-state index in [1.54, 1.807) is 47.7 Å². The fraction of sp³-hybridized carbons (Fsp3) is 0.280. The molecule has 0 radical (unpaired) electrons. The fourth-order valence-corrected chi connectivity index (χ4v) is 4.62. The highest BCUT2D eigenvalue weighted by molar-refractivity contribution is 7.09.